The van der Waals surface area contributed by atoms with E-state index in [1.807, 2.05) is 26.8 Å². The molecule has 1 atom stereocenters. The van der Waals surface area contributed by atoms with Crippen LogP contribution in [-0.2, 0) is 0 Å². The zero-order valence-electron chi connectivity index (χ0n) is 8.80. The van der Waals surface area contributed by atoms with E-state index in [0.717, 1.165) is 6.42 Å². The number of aliphatic hydroxyl groups is 1. The van der Waals surface area contributed by atoms with Crippen molar-refractivity contribution in [1.82, 2.24) is 0 Å². The molecule has 0 fully saturated rings. The van der Waals surface area contributed by atoms with E-state index in [9.17, 15) is 5.11 Å². The van der Waals surface area contributed by atoms with Gasteiger partial charge in [0.2, 0.25) is 0 Å². The van der Waals surface area contributed by atoms with Crippen LogP contribution >= 0.6 is 0 Å². The molecule has 0 amide bonds. The minimum Gasteiger partial charge on any atom is -0.388 e. The van der Waals surface area contributed by atoms with Crippen LogP contribution in [0, 0.1) is 5.41 Å². The molecule has 1 heteroatoms. The van der Waals surface area contributed by atoms with E-state index in [0.29, 0.717) is 0 Å². The Hall–Kier alpha value is -0.300. The quantitative estimate of drug-likeness (QED) is 0.507. The predicted molar refractivity (Wildman–Crippen MR) is 54.1 cm³/mol. The predicted octanol–water partition coefficient (Wildman–Crippen LogP) is 3.14. The Kier molecular flexibility index (Phi) is 5.23. The molecule has 0 rings (SSSR count). The fourth-order valence-corrected chi connectivity index (χ4v) is 0.836. The van der Waals surface area contributed by atoms with Crippen molar-refractivity contribution in [3.63, 3.8) is 0 Å². The first kappa shape index (κ1) is 11.7. The standard InChI is InChI=1S/C11H22O/c1-5-6-7-8-9-10(12)11(2,3)4/h8-10,12H,5-7H2,1-4H3/b9-8-/t10-/m1/s1. The largest absolute Gasteiger partial charge is 0.388 e. The van der Waals surface area contributed by atoms with Crippen LogP contribution in [0.4, 0.5) is 0 Å². The Balaban J connectivity index is 3.68. The second-order valence-electron chi connectivity index (χ2n) is 4.38. The van der Waals surface area contributed by atoms with Crippen molar-refractivity contribution in [2.24, 2.45) is 5.41 Å². The molecule has 0 aliphatic heterocycles. The summed E-state index contributed by atoms with van der Waals surface area (Å²) >= 11 is 0. The van der Waals surface area contributed by atoms with Crippen molar-refractivity contribution in [2.45, 2.75) is 53.1 Å². The van der Waals surface area contributed by atoms with Crippen molar-refractivity contribution >= 4 is 0 Å². The summed E-state index contributed by atoms with van der Waals surface area (Å²) in [5.41, 5.74) is -0.0251. The molecule has 0 heterocycles. The van der Waals surface area contributed by atoms with Gasteiger partial charge in [-0.3, -0.25) is 0 Å². The summed E-state index contributed by atoms with van der Waals surface area (Å²) in [6.45, 7) is 8.31. The van der Waals surface area contributed by atoms with Crippen LogP contribution in [0.15, 0.2) is 12.2 Å². The number of hydrogen-bond acceptors (Lipinski definition) is 1. The van der Waals surface area contributed by atoms with Crippen LogP contribution in [-0.4, -0.2) is 11.2 Å². The third-order valence-electron chi connectivity index (χ3n) is 1.93. The fraction of sp³-hybridized carbons (Fsp3) is 0.818. The Bertz CT molecular complexity index is 130. The normalized spacial score (nSPS) is 15.4. The third kappa shape index (κ3) is 5.36. The first-order valence-electron chi connectivity index (χ1n) is 4.83. The van der Waals surface area contributed by atoms with Gasteiger partial charge < -0.3 is 5.11 Å². The van der Waals surface area contributed by atoms with Crippen LogP contribution in [0.2, 0.25) is 0 Å². The minimum absolute atomic E-state index is 0.0251. The summed E-state index contributed by atoms with van der Waals surface area (Å²) in [6.07, 6.45) is 7.21. The van der Waals surface area contributed by atoms with E-state index < -0.39 is 0 Å². The highest BCUT2D eigenvalue weighted by Gasteiger charge is 2.18. The van der Waals surface area contributed by atoms with Crippen molar-refractivity contribution < 1.29 is 5.11 Å². The monoisotopic (exact) mass is 170 g/mol. The molecule has 0 aromatic carbocycles. The molecule has 0 unspecified atom stereocenters. The maximum absolute atomic E-state index is 9.60. The van der Waals surface area contributed by atoms with E-state index in [1.54, 1.807) is 0 Å². The van der Waals surface area contributed by atoms with Gasteiger partial charge in [-0.25, -0.2) is 0 Å². The summed E-state index contributed by atoms with van der Waals surface area (Å²) in [7, 11) is 0. The van der Waals surface area contributed by atoms with Gasteiger partial charge in [-0.2, -0.15) is 0 Å². The molecule has 0 saturated carbocycles. The fourth-order valence-electron chi connectivity index (χ4n) is 0.836. The number of unbranched alkanes of at least 4 members (excludes halogenated alkanes) is 2. The molecule has 0 aliphatic carbocycles. The van der Waals surface area contributed by atoms with Gasteiger partial charge in [-0.15, -0.1) is 0 Å². The lowest BCUT2D eigenvalue weighted by Gasteiger charge is -2.22. The minimum atomic E-state index is -0.311. The SMILES string of the molecule is CCCC/C=C\[C@@H](O)C(C)(C)C. The van der Waals surface area contributed by atoms with Crippen molar-refractivity contribution in [3.05, 3.63) is 12.2 Å². The lowest BCUT2D eigenvalue weighted by atomic mass is 9.89. The molecule has 1 nitrogen and oxygen atoms in total. The van der Waals surface area contributed by atoms with Gasteiger partial charge >= 0.3 is 0 Å². The van der Waals surface area contributed by atoms with Gasteiger partial charge in [0.25, 0.3) is 0 Å². The van der Waals surface area contributed by atoms with E-state index in [1.165, 1.54) is 12.8 Å². The zero-order chi connectivity index (χ0) is 9.61. The molecule has 0 bridgehead atoms. The average Bonchev–Trinajstić information content (AvgIpc) is 1.96. The van der Waals surface area contributed by atoms with E-state index in [2.05, 4.69) is 13.0 Å². The van der Waals surface area contributed by atoms with Gasteiger partial charge in [-0.1, -0.05) is 52.7 Å². The van der Waals surface area contributed by atoms with Crippen molar-refractivity contribution in [1.29, 1.82) is 0 Å². The molecule has 12 heavy (non-hydrogen) atoms. The summed E-state index contributed by atoms with van der Waals surface area (Å²) in [5, 5.41) is 9.60. The molecule has 1 N–H and O–H groups in total. The van der Waals surface area contributed by atoms with Crippen molar-refractivity contribution in [2.75, 3.05) is 0 Å². The molecular formula is C11H22O. The number of hydrogen-bond donors (Lipinski definition) is 1. The number of rotatable bonds is 4. The third-order valence-corrected chi connectivity index (χ3v) is 1.93. The highest BCUT2D eigenvalue weighted by Crippen LogP contribution is 2.19. The maximum Gasteiger partial charge on any atom is 0.0769 e. The van der Waals surface area contributed by atoms with Crippen LogP contribution < -0.4 is 0 Å². The molecule has 0 aromatic heterocycles. The lowest BCUT2D eigenvalue weighted by Crippen LogP contribution is -2.23. The molecule has 0 saturated heterocycles. The molecule has 0 aliphatic rings. The zero-order valence-corrected chi connectivity index (χ0v) is 8.80. The van der Waals surface area contributed by atoms with Crippen LogP contribution in [0.1, 0.15) is 47.0 Å². The van der Waals surface area contributed by atoms with E-state index in [4.69, 9.17) is 0 Å². The van der Waals surface area contributed by atoms with E-state index >= 15 is 0 Å². The average molecular weight is 170 g/mol. The smallest absolute Gasteiger partial charge is 0.0769 e. The van der Waals surface area contributed by atoms with Crippen LogP contribution in [0.3, 0.4) is 0 Å². The van der Waals surface area contributed by atoms with Crippen LogP contribution in [0.5, 0.6) is 0 Å². The molecule has 0 aromatic rings. The first-order valence-corrected chi connectivity index (χ1v) is 4.83. The van der Waals surface area contributed by atoms with Crippen molar-refractivity contribution in [3.8, 4) is 0 Å². The first-order chi connectivity index (χ1) is 5.48. The molecule has 0 spiro atoms. The Morgan fingerprint density at radius 2 is 1.92 bits per heavy atom. The maximum atomic E-state index is 9.60. The van der Waals surface area contributed by atoms with Crippen LogP contribution in [0.25, 0.3) is 0 Å². The second kappa shape index (κ2) is 5.36. The Morgan fingerprint density at radius 1 is 1.33 bits per heavy atom. The van der Waals surface area contributed by atoms with Gasteiger partial charge in [0.05, 0.1) is 6.10 Å². The van der Waals surface area contributed by atoms with Gasteiger partial charge in [0.1, 0.15) is 0 Å². The highest BCUT2D eigenvalue weighted by molar-refractivity contribution is 4.94. The summed E-state index contributed by atoms with van der Waals surface area (Å²) in [6, 6.07) is 0. The topological polar surface area (TPSA) is 20.2 Å². The number of allylic oxidation sites excluding steroid dienone is 1. The summed E-state index contributed by atoms with van der Waals surface area (Å²) < 4.78 is 0. The van der Waals surface area contributed by atoms with Gasteiger partial charge in [0.15, 0.2) is 0 Å². The Morgan fingerprint density at radius 3 is 2.33 bits per heavy atom. The van der Waals surface area contributed by atoms with Gasteiger partial charge in [0, 0.05) is 0 Å². The Labute approximate surface area is 76.5 Å². The van der Waals surface area contributed by atoms with E-state index in [-0.39, 0.29) is 11.5 Å². The molecule has 72 valence electrons. The highest BCUT2D eigenvalue weighted by atomic mass is 16.3. The summed E-state index contributed by atoms with van der Waals surface area (Å²) in [5.74, 6) is 0. The summed E-state index contributed by atoms with van der Waals surface area (Å²) in [4.78, 5) is 0. The molecule has 0 radical (unpaired) electrons. The second-order valence-corrected chi connectivity index (χ2v) is 4.38. The van der Waals surface area contributed by atoms with Gasteiger partial charge in [-0.05, 0) is 11.8 Å². The number of aliphatic hydroxyl groups excluding tert-OH is 1. The molecular weight excluding hydrogens is 148 g/mol. The lowest BCUT2D eigenvalue weighted by molar-refractivity contribution is 0.105.